The van der Waals surface area contributed by atoms with Gasteiger partial charge in [-0.3, -0.25) is 9.69 Å². The van der Waals surface area contributed by atoms with Gasteiger partial charge >= 0.3 is 0 Å². The molecule has 0 radical (unpaired) electrons. The number of carbonyl (C=O) groups is 1. The molecule has 2 rings (SSSR count). The molecule has 4 heteroatoms. The number of nitrogens with one attached hydrogen (secondary N) is 1. The number of hydrogen-bond donors (Lipinski definition) is 2. The molecule has 110 valence electrons. The highest BCUT2D eigenvalue weighted by Gasteiger charge is 2.23. The average Bonchev–Trinajstić information content (AvgIpc) is 2.37. The first-order valence-electron chi connectivity index (χ1n) is 7.38. The maximum absolute atomic E-state index is 12.1. The maximum atomic E-state index is 12.1. The van der Waals surface area contributed by atoms with E-state index in [9.17, 15) is 4.79 Å². The van der Waals surface area contributed by atoms with E-state index in [4.69, 9.17) is 5.73 Å². The molecule has 2 unspecified atom stereocenters. The van der Waals surface area contributed by atoms with Crippen molar-refractivity contribution < 1.29 is 4.79 Å². The molecule has 1 heterocycles. The summed E-state index contributed by atoms with van der Waals surface area (Å²) in [5.41, 5.74) is 7.47. The molecule has 0 aliphatic carbocycles. The molecule has 0 bridgehead atoms. The summed E-state index contributed by atoms with van der Waals surface area (Å²) in [6.07, 6.45) is 1.26. The summed E-state index contributed by atoms with van der Waals surface area (Å²) in [7, 11) is 0. The van der Waals surface area contributed by atoms with Gasteiger partial charge in [0, 0.05) is 25.3 Å². The van der Waals surface area contributed by atoms with Gasteiger partial charge in [-0.15, -0.1) is 0 Å². The number of likely N-dealkylation sites (tertiary alicyclic amines) is 1. The molecule has 1 aromatic carbocycles. The van der Waals surface area contributed by atoms with Gasteiger partial charge in [0.1, 0.15) is 0 Å². The van der Waals surface area contributed by atoms with Crippen molar-refractivity contribution in [3.63, 3.8) is 0 Å². The van der Waals surface area contributed by atoms with Gasteiger partial charge in [0.15, 0.2) is 0 Å². The molecule has 0 spiro atoms. The number of nitrogens with two attached hydrogens (primary N) is 1. The minimum Gasteiger partial charge on any atom is -0.326 e. The van der Waals surface area contributed by atoms with Gasteiger partial charge in [-0.05, 0) is 36.0 Å². The van der Waals surface area contributed by atoms with Crippen LogP contribution in [0.25, 0.3) is 0 Å². The van der Waals surface area contributed by atoms with E-state index in [0.29, 0.717) is 24.9 Å². The number of amides is 1. The van der Waals surface area contributed by atoms with Gasteiger partial charge in [-0.2, -0.15) is 0 Å². The second kappa shape index (κ2) is 6.86. The Hall–Kier alpha value is -1.39. The van der Waals surface area contributed by atoms with Crippen molar-refractivity contribution in [2.24, 2.45) is 17.6 Å². The van der Waals surface area contributed by atoms with Crippen molar-refractivity contribution in [2.75, 3.05) is 25.0 Å². The van der Waals surface area contributed by atoms with Crippen molar-refractivity contribution in [3.05, 3.63) is 29.8 Å². The van der Waals surface area contributed by atoms with Gasteiger partial charge in [-0.25, -0.2) is 0 Å². The Morgan fingerprint density at radius 3 is 2.70 bits per heavy atom. The molecule has 0 saturated carbocycles. The lowest BCUT2D eigenvalue weighted by molar-refractivity contribution is -0.117. The number of carbonyl (C=O) groups excluding carboxylic acids is 1. The number of rotatable bonds is 4. The Morgan fingerprint density at radius 1 is 1.35 bits per heavy atom. The first kappa shape index (κ1) is 15.0. The summed E-state index contributed by atoms with van der Waals surface area (Å²) in [5.74, 6) is 1.40. The van der Waals surface area contributed by atoms with Crippen LogP contribution in [-0.2, 0) is 11.3 Å². The number of hydrogen-bond acceptors (Lipinski definition) is 3. The molecule has 1 fully saturated rings. The Bertz CT molecular complexity index is 451. The van der Waals surface area contributed by atoms with E-state index in [-0.39, 0.29) is 5.91 Å². The van der Waals surface area contributed by atoms with E-state index in [1.54, 1.807) is 0 Å². The van der Waals surface area contributed by atoms with Crippen LogP contribution >= 0.6 is 0 Å². The van der Waals surface area contributed by atoms with Crippen molar-refractivity contribution in [1.29, 1.82) is 0 Å². The van der Waals surface area contributed by atoms with Crippen LogP contribution in [0, 0.1) is 11.8 Å². The fraction of sp³-hybridized carbons (Fsp3) is 0.562. The quantitative estimate of drug-likeness (QED) is 0.884. The molecule has 2 atom stereocenters. The Kier molecular flexibility index (Phi) is 5.15. The Labute approximate surface area is 121 Å². The van der Waals surface area contributed by atoms with E-state index in [1.165, 1.54) is 6.42 Å². The van der Waals surface area contributed by atoms with E-state index in [0.717, 1.165) is 24.3 Å². The third-order valence-corrected chi connectivity index (χ3v) is 3.76. The predicted molar refractivity (Wildman–Crippen MR) is 82.3 cm³/mol. The highest BCUT2D eigenvalue weighted by molar-refractivity contribution is 5.92. The SMILES string of the molecule is CC1CC(C)CN(CC(=O)Nc2cccc(CN)c2)C1. The molecule has 4 nitrogen and oxygen atoms in total. The molecule has 1 saturated heterocycles. The van der Waals surface area contributed by atoms with Crippen molar-refractivity contribution in [1.82, 2.24) is 4.90 Å². The van der Waals surface area contributed by atoms with Crippen molar-refractivity contribution >= 4 is 11.6 Å². The zero-order chi connectivity index (χ0) is 14.5. The third kappa shape index (κ3) is 4.32. The summed E-state index contributed by atoms with van der Waals surface area (Å²) in [5, 5.41) is 2.96. The molecule has 1 amide bonds. The number of nitrogens with zero attached hydrogens (tertiary/aromatic N) is 1. The van der Waals surface area contributed by atoms with E-state index >= 15 is 0 Å². The molecule has 3 N–H and O–H groups in total. The highest BCUT2D eigenvalue weighted by atomic mass is 16.2. The van der Waals surface area contributed by atoms with Crippen LogP contribution in [0.5, 0.6) is 0 Å². The predicted octanol–water partition coefficient (Wildman–Crippen LogP) is 2.06. The summed E-state index contributed by atoms with van der Waals surface area (Å²) in [6.45, 7) is 7.50. The van der Waals surface area contributed by atoms with Crippen LogP contribution in [0.2, 0.25) is 0 Å². The largest absolute Gasteiger partial charge is 0.326 e. The zero-order valence-electron chi connectivity index (χ0n) is 12.4. The van der Waals surface area contributed by atoms with E-state index in [2.05, 4.69) is 24.1 Å². The lowest BCUT2D eigenvalue weighted by atomic mass is 9.92. The van der Waals surface area contributed by atoms with Crippen molar-refractivity contribution in [3.8, 4) is 0 Å². The number of piperidine rings is 1. The summed E-state index contributed by atoms with van der Waals surface area (Å²) in [4.78, 5) is 14.4. The van der Waals surface area contributed by atoms with Gasteiger partial charge < -0.3 is 11.1 Å². The van der Waals surface area contributed by atoms with E-state index < -0.39 is 0 Å². The molecule has 1 aliphatic heterocycles. The minimum absolute atomic E-state index is 0.0560. The Morgan fingerprint density at radius 2 is 2.05 bits per heavy atom. The second-order valence-electron chi connectivity index (χ2n) is 6.09. The monoisotopic (exact) mass is 275 g/mol. The fourth-order valence-electron chi connectivity index (χ4n) is 3.10. The van der Waals surface area contributed by atoms with Crippen LogP contribution in [-0.4, -0.2) is 30.4 Å². The third-order valence-electron chi connectivity index (χ3n) is 3.76. The number of benzene rings is 1. The first-order valence-corrected chi connectivity index (χ1v) is 7.38. The number of anilines is 1. The van der Waals surface area contributed by atoms with E-state index in [1.807, 2.05) is 24.3 Å². The Balaban J connectivity index is 1.88. The van der Waals surface area contributed by atoms with Gasteiger partial charge in [0.05, 0.1) is 6.54 Å². The van der Waals surface area contributed by atoms with Crippen molar-refractivity contribution in [2.45, 2.75) is 26.8 Å². The van der Waals surface area contributed by atoms with Crippen LogP contribution in [0.1, 0.15) is 25.8 Å². The lowest BCUT2D eigenvalue weighted by Crippen LogP contribution is -2.42. The van der Waals surface area contributed by atoms with Gasteiger partial charge in [0.25, 0.3) is 0 Å². The molecule has 1 aromatic rings. The van der Waals surface area contributed by atoms with Crippen LogP contribution in [0.3, 0.4) is 0 Å². The topological polar surface area (TPSA) is 58.4 Å². The minimum atomic E-state index is 0.0560. The lowest BCUT2D eigenvalue weighted by Gasteiger charge is -2.34. The van der Waals surface area contributed by atoms with Crippen LogP contribution in [0.15, 0.2) is 24.3 Å². The van der Waals surface area contributed by atoms with Crippen LogP contribution in [0.4, 0.5) is 5.69 Å². The summed E-state index contributed by atoms with van der Waals surface area (Å²) in [6, 6.07) is 7.71. The average molecular weight is 275 g/mol. The van der Waals surface area contributed by atoms with Crippen LogP contribution < -0.4 is 11.1 Å². The summed E-state index contributed by atoms with van der Waals surface area (Å²) >= 11 is 0. The molecular formula is C16H25N3O. The normalized spacial score (nSPS) is 23.6. The van der Waals surface area contributed by atoms with Gasteiger partial charge in [0.2, 0.25) is 5.91 Å². The zero-order valence-corrected chi connectivity index (χ0v) is 12.4. The second-order valence-corrected chi connectivity index (χ2v) is 6.09. The summed E-state index contributed by atoms with van der Waals surface area (Å²) < 4.78 is 0. The first-order chi connectivity index (χ1) is 9.56. The molecule has 20 heavy (non-hydrogen) atoms. The molecule has 1 aliphatic rings. The fourth-order valence-corrected chi connectivity index (χ4v) is 3.10. The molecular weight excluding hydrogens is 250 g/mol. The maximum Gasteiger partial charge on any atom is 0.238 e. The smallest absolute Gasteiger partial charge is 0.238 e. The highest BCUT2D eigenvalue weighted by Crippen LogP contribution is 2.20. The molecule has 0 aromatic heterocycles. The standard InChI is InChI=1S/C16H25N3O/c1-12-6-13(2)10-19(9-12)11-16(20)18-15-5-3-4-14(7-15)8-17/h3-5,7,12-13H,6,8-11,17H2,1-2H3,(H,18,20). The van der Waals surface area contributed by atoms with Gasteiger partial charge in [-0.1, -0.05) is 26.0 Å².